The number of thiocarbonyl (C=S) groups is 1. The van der Waals surface area contributed by atoms with E-state index in [9.17, 15) is 14.0 Å². The van der Waals surface area contributed by atoms with Crippen LogP contribution in [0, 0.1) is 5.82 Å². The van der Waals surface area contributed by atoms with E-state index in [4.69, 9.17) is 26.4 Å². The summed E-state index contributed by atoms with van der Waals surface area (Å²) in [6, 6.07) is 5.37. The fraction of sp³-hybridized carbons (Fsp3) is 0.423. The Balaban J connectivity index is 1.86. The maximum atomic E-state index is 14.9. The molecule has 0 fully saturated rings. The van der Waals surface area contributed by atoms with Gasteiger partial charge in [-0.05, 0) is 63.4 Å². The summed E-state index contributed by atoms with van der Waals surface area (Å²) in [4.78, 5) is 29.2. The zero-order chi connectivity index (χ0) is 25.8. The van der Waals surface area contributed by atoms with Crippen molar-refractivity contribution in [2.24, 2.45) is 0 Å². The molecule has 4 rings (SSSR count). The van der Waals surface area contributed by atoms with Crippen LogP contribution in [-0.4, -0.2) is 44.0 Å². The number of anilines is 1. The summed E-state index contributed by atoms with van der Waals surface area (Å²) in [7, 11) is 1.51. The zero-order valence-electron chi connectivity index (χ0n) is 20.5. The van der Waals surface area contributed by atoms with Crippen LogP contribution < -0.4 is 10.2 Å². The van der Waals surface area contributed by atoms with Crippen molar-refractivity contribution in [2.45, 2.75) is 45.6 Å². The Morgan fingerprint density at radius 3 is 2.64 bits per heavy atom. The van der Waals surface area contributed by atoms with Gasteiger partial charge in [-0.2, -0.15) is 0 Å². The number of hydrogen-bond acceptors (Lipinski definition) is 7. The van der Waals surface area contributed by atoms with Crippen LogP contribution in [0.4, 0.5) is 9.39 Å². The van der Waals surface area contributed by atoms with Crippen molar-refractivity contribution in [3.05, 3.63) is 62.9 Å². The third kappa shape index (κ3) is 5.02. The summed E-state index contributed by atoms with van der Waals surface area (Å²) in [5.41, 5.74) is 2.42. The van der Waals surface area contributed by atoms with Crippen LogP contribution in [0.1, 0.15) is 59.1 Å². The Morgan fingerprint density at radius 2 is 1.92 bits per heavy atom. The Labute approximate surface area is 219 Å². The second kappa shape index (κ2) is 11.5. The third-order valence-corrected chi connectivity index (χ3v) is 7.85. The first-order valence-corrected chi connectivity index (χ1v) is 13.1. The molecule has 0 bridgehead atoms. The minimum atomic E-state index is -0.856. The maximum absolute atomic E-state index is 14.9. The number of fused-ring (bicyclic) bond motifs is 1. The predicted molar refractivity (Wildman–Crippen MR) is 140 cm³/mol. The first kappa shape index (κ1) is 26.2. The molecule has 0 radical (unpaired) electrons. The van der Waals surface area contributed by atoms with Crippen LogP contribution in [0.5, 0.6) is 0 Å². The SMILES string of the molecule is CCOC(=O)c1c(N2C(=S)NC(c3ccccc3F)C(C(=O)OCCOC)=C2C)sc2c1CCCC2. The number of nitrogens with zero attached hydrogens (tertiary/aromatic N) is 1. The molecule has 192 valence electrons. The quantitative estimate of drug-likeness (QED) is 0.294. The molecule has 1 unspecified atom stereocenters. The molecule has 0 spiro atoms. The number of thiophene rings is 1. The van der Waals surface area contributed by atoms with Gasteiger partial charge in [0.25, 0.3) is 0 Å². The Hall–Kier alpha value is -2.82. The number of hydrogen-bond donors (Lipinski definition) is 1. The van der Waals surface area contributed by atoms with E-state index in [0.717, 1.165) is 36.1 Å². The molecule has 0 amide bonds. The first-order valence-electron chi connectivity index (χ1n) is 11.9. The molecule has 0 saturated carbocycles. The lowest BCUT2D eigenvalue weighted by Gasteiger charge is -2.37. The molecule has 0 saturated heterocycles. The van der Waals surface area contributed by atoms with E-state index in [0.29, 0.717) is 16.3 Å². The lowest BCUT2D eigenvalue weighted by Crippen LogP contribution is -2.48. The van der Waals surface area contributed by atoms with Gasteiger partial charge < -0.3 is 19.5 Å². The van der Waals surface area contributed by atoms with Crippen LogP contribution in [0.25, 0.3) is 0 Å². The fourth-order valence-electron chi connectivity index (χ4n) is 4.61. The van der Waals surface area contributed by atoms with Crippen molar-refractivity contribution in [3.8, 4) is 0 Å². The van der Waals surface area contributed by atoms with E-state index in [2.05, 4.69) is 5.32 Å². The van der Waals surface area contributed by atoms with Gasteiger partial charge in [0.2, 0.25) is 0 Å². The molecular formula is C26H29FN2O5S2. The lowest BCUT2D eigenvalue weighted by atomic mass is 9.93. The third-order valence-electron chi connectivity index (χ3n) is 6.28. The molecule has 1 aliphatic carbocycles. The van der Waals surface area contributed by atoms with Crippen molar-refractivity contribution in [1.82, 2.24) is 5.32 Å². The summed E-state index contributed by atoms with van der Waals surface area (Å²) < 4.78 is 30.7. The number of allylic oxidation sites excluding steroid dienone is 1. The van der Waals surface area contributed by atoms with Crippen LogP contribution in [0.3, 0.4) is 0 Å². The molecule has 1 aliphatic heterocycles. The van der Waals surface area contributed by atoms with Crippen molar-refractivity contribution in [1.29, 1.82) is 0 Å². The molecule has 10 heteroatoms. The van der Waals surface area contributed by atoms with Gasteiger partial charge in [0.15, 0.2) is 5.11 Å². The molecule has 1 aromatic heterocycles. The highest BCUT2D eigenvalue weighted by molar-refractivity contribution is 7.80. The van der Waals surface area contributed by atoms with E-state index >= 15 is 0 Å². The van der Waals surface area contributed by atoms with Gasteiger partial charge in [0.05, 0.1) is 30.4 Å². The monoisotopic (exact) mass is 532 g/mol. The van der Waals surface area contributed by atoms with Gasteiger partial charge in [0.1, 0.15) is 17.4 Å². The molecule has 36 heavy (non-hydrogen) atoms. The molecular weight excluding hydrogens is 503 g/mol. The van der Waals surface area contributed by atoms with Gasteiger partial charge in [-0.1, -0.05) is 18.2 Å². The van der Waals surface area contributed by atoms with Crippen molar-refractivity contribution < 1.29 is 28.2 Å². The van der Waals surface area contributed by atoms with Crippen molar-refractivity contribution >= 4 is 45.6 Å². The van der Waals surface area contributed by atoms with Crippen molar-refractivity contribution in [2.75, 3.05) is 31.8 Å². The summed E-state index contributed by atoms with van der Waals surface area (Å²) >= 11 is 7.23. The molecule has 1 aromatic carbocycles. The predicted octanol–water partition coefficient (Wildman–Crippen LogP) is 4.84. The highest BCUT2D eigenvalue weighted by Crippen LogP contribution is 2.44. The topological polar surface area (TPSA) is 77.1 Å². The van der Waals surface area contributed by atoms with E-state index in [1.807, 2.05) is 0 Å². The summed E-state index contributed by atoms with van der Waals surface area (Å²) in [5, 5.41) is 4.00. The maximum Gasteiger partial charge on any atom is 0.341 e. The average Bonchev–Trinajstić information content (AvgIpc) is 3.23. The Bertz CT molecular complexity index is 1210. The Kier molecular flexibility index (Phi) is 8.38. The molecule has 1 atom stereocenters. The van der Waals surface area contributed by atoms with E-state index in [1.165, 1.54) is 24.5 Å². The minimum absolute atomic E-state index is 0.0436. The number of esters is 2. The Morgan fingerprint density at radius 1 is 1.17 bits per heavy atom. The lowest BCUT2D eigenvalue weighted by molar-refractivity contribution is -0.140. The highest BCUT2D eigenvalue weighted by atomic mass is 32.1. The first-order chi connectivity index (χ1) is 17.4. The fourth-order valence-corrected chi connectivity index (χ4v) is 6.45. The number of nitrogens with one attached hydrogen (secondary N) is 1. The zero-order valence-corrected chi connectivity index (χ0v) is 22.2. The van der Waals surface area contributed by atoms with Crippen molar-refractivity contribution in [3.63, 3.8) is 0 Å². The average molecular weight is 533 g/mol. The number of halogens is 1. The molecule has 7 nitrogen and oxygen atoms in total. The molecule has 2 aromatic rings. The van der Waals surface area contributed by atoms with Crippen LogP contribution >= 0.6 is 23.6 Å². The second-order valence-electron chi connectivity index (χ2n) is 8.48. The van der Waals surface area contributed by atoms with Crippen LogP contribution in [-0.2, 0) is 31.8 Å². The number of carbonyl (C=O) groups is 2. The number of ether oxygens (including phenoxy) is 3. The molecule has 2 heterocycles. The van der Waals surface area contributed by atoms with E-state index in [1.54, 1.807) is 36.9 Å². The minimum Gasteiger partial charge on any atom is -0.462 e. The normalized spacial score (nSPS) is 17.5. The number of benzene rings is 1. The second-order valence-corrected chi connectivity index (χ2v) is 9.95. The number of carbonyl (C=O) groups excluding carboxylic acids is 2. The van der Waals surface area contributed by atoms with Crippen LogP contribution in [0.15, 0.2) is 35.5 Å². The van der Waals surface area contributed by atoms with Gasteiger partial charge >= 0.3 is 11.9 Å². The van der Waals surface area contributed by atoms with Crippen LogP contribution in [0.2, 0.25) is 0 Å². The highest BCUT2D eigenvalue weighted by Gasteiger charge is 2.39. The van der Waals surface area contributed by atoms with Gasteiger partial charge in [-0.25, -0.2) is 14.0 Å². The van der Waals surface area contributed by atoms with Gasteiger partial charge in [0, 0.05) is 23.2 Å². The molecule has 1 N–H and O–H groups in total. The van der Waals surface area contributed by atoms with Gasteiger partial charge in [-0.3, -0.25) is 4.90 Å². The largest absolute Gasteiger partial charge is 0.462 e. The summed E-state index contributed by atoms with van der Waals surface area (Å²) in [5.74, 6) is -1.50. The van der Waals surface area contributed by atoms with E-state index in [-0.39, 0.29) is 36.1 Å². The molecule has 2 aliphatic rings. The van der Waals surface area contributed by atoms with Gasteiger partial charge in [-0.15, -0.1) is 11.3 Å². The summed E-state index contributed by atoms with van der Waals surface area (Å²) in [6.07, 6.45) is 3.67. The smallest absolute Gasteiger partial charge is 0.341 e. The number of rotatable bonds is 8. The standard InChI is InChI=1S/C26H29FN2O5S2/c1-4-33-25(31)21-17-10-6-8-12-19(17)36-23(21)29-15(2)20(24(30)34-14-13-32-3)22(28-26(29)35)16-9-5-7-11-18(16)27/h5,7,9,11,22H,4,6,8,10,12-14H2,1-3H3,(H,28,35). The van der Waals surface area contributed by atoms with E-state index < -0.39 is 23.8 Å². The summed E-state index contributed by atoms with van der Waals surface area (Å²) in [6.45, 7) is 4.01. The number of methoxy groups -OCH3 is 1. The number of aryl methyl sites for hydroxylation is 1.